The number of amides is 1. The van der Waals surface area contributed by atoms with E-state index < -0.39 is 0 Å². The Morgan fingerprint density at radius 3 is 3.00 bits per heavy atom. The zero-order valence-electron chi connectivity index (χ0n) is 10.9. The molecule has 0 aliphatic carbocycles. The number of hydrogen-bond donors (Lipinski definition) is 2. The van der Waals surface area contributed by atoms with Gasteiger partial charge in [0, 0.05) is 4.47 Å². The van der Waals surface area contributed by atoms with Crippen LogP contribution in [-0.2, 0) is 0 Å². The molecule has 0 atom stereocenters. The summed E-state index contributed by atoms with van der Waals surface area (Å²) in [6.45, 7) is 2.27. The van der Waals surface area contributed by atoms with Crippen LogP contribution in [0.2, 0.25) is 0 Å². The van der Waals surface area contributed by atoms with E-state index in [1.165, 1.54) is 7.11 Å². The van der Waals surface area contributed by atoms with Crippen molar-refractivity contribution in [3.8, 4) is 11.8 Å². The van der Waals surface area contributed by atoms with E-state index in [0.29, 0.717) is 17.9 Å². The number of aromatic amines is 1. The molecule has 0 radical (unpaired) electrons. The lowest BCUT2D eigenvalue weighted by molar-refractivity contribution is 0.102. The van der Waals surface area contributed by atoms with Gasteiger partial charge in [0.25, 0.3) is 5.91 Å². The van der Waals surface area contributed by atoms with E-state index in [1.54, 1.807) is 18.2 Å². The standard InChI is InChI=1S/C12H13BrN4O3/c1-3-20-12-15-11(16-17-12)14-10(18)8-5-4-7(13)6-9(8)19-2/h4-6H,3H2,1-2H3,(H2,14,15,16,17,18). The third-order valence-corrected chi connectivity index (χ3v) is 2.87. The van der Waals surface area contributed by atoms with Crippen LogP contribution in [-0.4, -0.2) is 34.8 Å². The molecule has 0 unspecified atom stereocenters. The summed E-state index contributed by atoms with van der Waals surface area (Å²) < 4.78 is 11.1. The number of aromatic nitrogens is 3. The molecule has 0 bridgehead atoms. The SMILES string of the molecule is CCOc1n[nH]c(NC(=O)c2ccc(Br)cc2OC)n1. The molecule has 106 valence electrons. The number of benzene rings is 1. The molecule has 0 fully saturated rings. The Labute approximate surface area is 123 Å². The first-order chi connectivity index (χ1) is 9.63. The second kappa shape index (κ2) is 6.38. The summed E-state index contributed by atoms with van der Waals surface area (Å²) in [4.78, 5) is 16.1. The van der Waals surface area contributed by atoms with Crippen molar-refractivity contribution in [2.24, 2.45) is 0 Å². The number of rotatable bonds is 5. The third-order valence-electron chi connectivity index (χ3n) is 2.38. The monoisotopic (exact) mass is 340 g/mol. The highest BCUT2D eigenvalue weighted by Gasteiger charge is 2.14. The molecule has 1 aromatic carbocycles. The van der Waals surface area contributed by atoms with Crippen LogP contribution in [0.15, 0.2) is 22.7 Å². The van der Waals surface area contributed by atoms with E-state index in [0.717, 1.165) is 4.47 Å². The topological polar surface area (TPSA) is 89.1 Å². The second-order valence-electron chi connectivity index (χ2n) is 3.70. The van der Waals surface area contributed by atoms with Crippen molar-refractivity contribution in [3.63, 3.8) is 0 Å². The molecule has 2 N–H and O–H groups in total. The minimum Gasteiger partial charge on any atom is -0.496 e. The first-order valence-electron chi connectivity index (χ1n) is 5.84. The van der Waals surface area contributed by atoms with Gasteiger partial charge in [0.05, 0.1) is 19.3 Å². The van der Waals surface area contributed by atoms with E-state index in [1.807, 2.05) is 6.92 Å². The van der Waals surface area contributed by atoms with Crippen LogP contribution in [0.25, 0.3) is 0 Å². The molecule has 0 spiro atoms. The molecule has 1 heterocycles. The molecular weight excluding hydrogens is 328 g/mol. The van der Waals surface area contributed by atoms with Crippen molar-refractivity contribution in [1.82, 2.24) is 15.2 Å². The molecule has 1 aromatic heterocycles. The molecule has 0 aliphatic heterocycles. The van der Waals surface area contributed by atoms with Crippen molar-refractivity contribution < 1.29 is 14.3 Å². The number of halogens is 1. The van der Waals surface area contributed by atoms with Crippen LogP contribution in [0.1, 0.15) is 17.3 Å². The Balaban J connectivity index is 2.15. The van der Waals surface area contributed by atoms with Gasteiger partial charge >= 0.3 is 6.01 Å². The van der Waals surface area contributed by atoms with Crippen molar-refractivity contribution in [2.75, 3.05) is 19.0 Å². The quantitative estimate of drug-likeness (QED) is 0.871. The Morgan fingerprint density at radius 2 is 2.30 bits per heavy atom. The second-order valence-corrected chi connectivity index (χ2v) is 4.61. The maximum atomic E-state index is 12.1. The van der Waals surface area contributed by atoms with Crippen LogP contribution in [0.5, 0.6) is 11.8 Å². The van der Waals surface area contributed by atoms with Gasteiger partial charge in [0.15, 0.2) is 0 Å². The molecule has 20 heavy (non-hydrogen) atoms. The van der Waals surface area contributed by atoms with Crippen molar-refractivity contribution in [3.05, 3.63) is 28.2 Å². The molecule has 0 saturated heterocycles. The van der Waals surface area contributed by atoms with Gasteiger partial charge in [-0.1, -0.05) is 15.9 Å². The number of carbonyl (C=O) groups excluding carboxylic acids is 1. The maximum absolute atomic E-state index is 12.1. The number of anilines is 1. The van der Waals surface area contributed by atoms with E-state index in [-0.39, 0.29) is 17.9 Å². The third kappa shape index (κ3) is 3.27. The van der Waals surface area contributed by atoms with Gasteiger partial charge in [-0.05, 0) is 25.1 Å². The summed E-state index contributed by atoms with van der Waals surface area (Å²) in [6.07, 6.45) is 0. The average molecular weight is 341 g/mol. The first-order valence-corrected chi connectivity index (χ1v) is 6.63. The number of nitrogens with zero attached hydrogens (tertiary/aromatic N) is 2. The predicted octanol–water partition coefficient (Wildman–Crippen LogP) is 2.23. The molecule has 8 heteroatoms. The number of carbonyl (C=O) groups is 1. The molecule has 0 aliphatic rings. The Morgan fingerprint density at radius 1 is 1.50 bits per heavy atom. The summed E-state index contributed by atoms with van der Waals surface area (Å²) in [7, 11) is 1.50. The normalized spacial score (nSPS) is 10.2. The van der Waals surface area contributed by atoms with E-state index in [9.17, 15) is 4.79 Å². The molecule has 2 aromatic rings. The van der Waals surface area contributed by atoms with Crippen LogP contribution < -0.4 is 14.8 Å². The van der Waals surface area contributed by atoms with Gasteiger partial charge in [-0.2, -0.15) is 4.98 Å². The fraction of sp³-hybridized carbons (Fsp3) is 0.250. The summed E-state index contributed by atoms with van der Waals surface area (Å²) in [5, 5.41) is 8.96. The number of methoxy groups -OCH3 is 1. The minimum absolute atomic E-state index is 0.186. The maximum Gasteiger partial charge on any atom is 0.337 e. The van der Waals surface area contributed by atoms with Gasteiger partial charge < -0.3 is 9.47 Å². The highest BCUT2D eigenvalue weighted by Crippen LogP contribution is 2.24. The largest absolute Gasteiger partial charge is 0.496 e. The number of nitrogens with one attached hydrogen (secondary N) is 2. The summed E-state index contributed by atoms with van der Waals surface area (Å²) in [6, 6.07) is 5.30. The predicted molar refractivity (Wildman–Crippen MR) is 76.2 cm³/mol. The molecule has 1 amide bonds. The fourth-order valence-corrected chi connectivity index (χ4v) is 1.86. The van der Waals surface area contributed by atoms with Gasteiger partial charge in [0.2, 0.25) is 5.95 Å². The highest BCUT2D eigenvalue weighted by molar-refractivity contribution is 9.10. The molecule has 7 nitrogen and oxygen atoms in total. The minimum atomic E-state index is -0.353. The lowest BCUT2D eigenvalue weighted by atomic mass is 10.2. The van der Waals surface area contributed by atoms with E-state index >= 15 is 0 Å². The number of hydrogen-bond acceptors (Lipinski definition) is 5. The van der Waals surface area contributed by atoms with Crippen molar-refractivity contribution in [2.45, 2.75) is 6.92 Å². The van der Waals surface area contributed by atoms with E-state index in [4.69, 9.17) is 9.47 Å². The highest BCUT2D eigenvalue weighted by atomic mass is 79.9. The van der Waals surface area contributed by atoms with Crippen LogP contribution in [0.4, 0.5) is 5.95 Å². The lowest BCUT2D eigenvalue weighted by Gasteiger charge is -2.07. The molecule has 2 rings (SSSR count). The summed E-state index contributed by atoms with van der Waals surface area (Å²) in [5.74, 6) is 0.318. The zero-order valence-corrected chi connectivity index (χ0v) is 12.5. The first kappa shape index (κ1) is 14.3. The van der Waals surface area contributed by atoms with Gasteiger partial charge in [0.1, 0.15) is 5.75 Å². The Hall–Kier alpha value is -2.09. The van der Waals surface area contributed by atoms with Crippen molar-refractivity contribution in [1.29, 1.82) is 0 Å². The Kier molecular flexibility index (Phi) is 4.57. The summed E-state index contributed by atoms with van der Waals surface area (Å²) >= 11 is 3.32. The van der Waals surface area contributed by atoms with Crippen molar-refractivity contribution >= 4 is 27.8 Å². The average Bonchev–Trinajstić information content (AvgIpc) is 2.86. The van der Waals surface area contributed by atoms with Gasteiger partial charge in [-0.25, -0.2) is 5.10 Å². The molecular formula is C12H13BrN4O3. The van der Waals surface area contributed by atoms with E-state index in [2.05, 4.69) is 36.4 Å². The number of H-pyrrole nitrogens is 1. The lowest BCUT2D eigenvalue weighted by Crippen LogP contribution is -2.14. The fourth-order valence-electron chi connectivity index (χ4n) is 1.52. The zero-order chi connectivity index (χ0) is 14.5. The van der Waals surface area contributed by atoms with Gasteiger partial charge in [-0.15, -0.1) is 5.10 Å². The van der Waals surface area contributed by atoms with Crippen LogP contribution in [0, 0.1) is 0 Å². The summed E-state index contributed by atoms with van der Waals surface area (Å²) in [5.41, 5.74) is 0.394. The van der Waals surface area contributed by atoms with Crippen LogP contribution in [0.3, 0.4) is 0 Å². The van der Waals surface area contributed by atoms with Crippen LogP contribution >= 0.6 is 15.9 Å². The van der Waals surface area contributed by atoms with Gasteiger partial charge in [-0.3, -0.25) is 10.1 Å². The Bertz CT molecular complexity index is 614. The smallest absolute Gasteiger partial charge is 0.337 e. The number of ether oxygens (including phenoxy) is 2. The molecule has 0 saturated carbocycles.